The van der Waals surface area contributed by atoms with Gasteiger partial charge in [-0.25, -0.2) is 15.0 Å². The molecule has 2 N–H and O–H groups in total. The molecule has 0 atom stereocenters. The second-order valence-electron chi connectivity index (χ2n) is 8.59. The van der Waals surface area contributed by atoms with Gasteiger partial charge in [0.05, 0.1) is 12.1 Å². The second-order valence-corrected chi connectivity index (χ2v) is 9.45. The number of thiazole rings is 1. The monoisotopic (exact) mass is 397 g/mol. The number of hydrogen-bond donors (Lipinski definition) is 2. The molecule has 2 heterocycles. The third kappa shape index (κ3) is 3.53. The van der Waals surface area contributed by atoms with Crippen LogP contribution in [0.25, 0.3) is 0 Å². The van der Waals surface area contributed by atoms with Gasteiger partial charge in [0, 0.05) is 23.3 Å². The molecule has 4 fully saturated rings. The number of anilines is 1. The molecule has 146 valence electrons. The summed E-state index contributed by atoms with van der Waals surface area (Å²) in [7, 11) is 0. The summed E-state index contributed by atoms with van der Waals surface area (Å²) in [6.45, 7) is 0. The van der Waals surface area contributed by atoms with Gasteiger partial charge >= 0.3 is 0 Å². The van der Waals surface area contributed by atoms with Gasteiger partial charge in [0.25, 0.3) is 5.91 Å². The fourth-order valence-corrected chi connectivity index (χ4v) is 6.49. The number of aromatic nitrogens is 3. The van der Waals surface area contributed by atoms with Crippen LogP contribution >= 0.6 is 11.3 Å². The minimum absolute atomic E-state index is 0.0174. The van der Waals surface area contributed by atoms with E-state index in [1.807, 2.05) is 5.38 Å². The Balaban J connectivity index is 1.19. The molecule has 0 aromatic carbocycles. The first kappa shape index (κ1) is 17.7. The summed E-state index contributed by atoms with van der Waals surface area (Å²) in [6.07, 6.45) is 10.8. The van der Waals surface area contributed by atoms with Crippen molar-refractivity contribution in [3.63, 3.8) is 0 Å². The Morgan fingerprint density at radius 1 is 1.07 bits per heavy atom. The second kappa shape index (κ2) is 6.92. The summed E-state index contributed by atoms with van der Waals surface area (Å²) in [5.41, 5.74) is 0.695. The maximum absolute atomic E-state index is 12.7. The third-order valence-corrected chi connectivity index (χ3v) is 7.13. The summed E-state index contributed by atoms with van der Waals surface area (Å²) < 4.78 is 0. The molecular weight excluding hydrogens is 374 g/mol. The number of nitrogens with one attached hydrogen (secondary N) is 2. The van der Waals surface area contributed by atoms with Crippen LogP contribution in [0.15, 0.2) is 23.8 Å². The van der Waals surface area contributed by atoms with Gasteiger partial charge < -0.3 is 5.32 Å². The zero-order valence-electron chi connectivity index (χ0n) is 15.6. The summed E-state index contributed by atoms with van der Waals surface area (Å²) in [5.74, 6) is 2.13. The van der Waals surface area contributed by atoms with E-state index < -0.39 is 5.91 Å². The predicted octanol–water partition coefficient (Wildman–Crippen LogP) is 2.81. The Bertz CT molecular complexity index is 862. The van der Waals surface area contributed by atoms with E-state index in [0.29, 0.717) is 10.8 Å². The smallest absolute Gasteiger partial charge is 0.295 e. The topological polar surface area (TPSA) is 96.9 Å². The van der Waals surface area contributed by atoms with Crippen molar-refractivity contribution in [1.29, 1.82) is 0 Å². The molecule has 4 saturated carbocycles. The quantitative estimate of drug-likeness (QED) is 0.809. The van der Waals surface area contributed by atoms with Gasteiger partial charge in [-0.15, -0.1) is 11.3 Å². The Hall–Kier alpha value is -2.35. The highest BCUT2D eigenvalue weighted by atomic mass is 32.1. The van der Waals surface area contributed by atoms with Crippen molar-refractivity contribution in [2.75, 3.05) is 5.32 Å². The highest BCUT2D eigenvalue weighted by molar-refractivity contribution is 7.14. The van der Waals surface area contributed by atoms with Crippen LogP contribution in [-0.4, -0.2) is 32.3 Å². The van der Waals surface area contributed by atoms with Crippen molar-refractivity contribution in [2.24, 2.45) is 17.8 Å². The third-order valence-electron chi connectivity index (χ3n) is 6.33. The summed E-state index contributed by atoms with van der Waals surface area (Å²) in [5, 5.41) is 8.33. The van der Waals surface area contributed by atoms with E-state index in [1.165, 1.54) is 43.0 Å². The van der Waals surface area contributed by atoms with E-state index in [9.17, 15) is 9.59 Å². The van der Waals surface area contributed by atoms with Gasteiger partial charge in [-0.3, -0.25) is 14.9 Å². The fraction of sp³-hybridized carbons (Fsp3) is 0.550. The lowest BCUT2D eigenvalue weighted by Gasteiger charge is -2.56. The minimum Gasteiger partial charge on any atom is -0.350 e. The van der Waals surface area contributed by atoms with Crippen molar-refractivity contribution in [3.05, 3.63) is 35.4 Å². The molecule has 2 aromatic rings. The molecule has 0 aliphatic heterocycles. The number of hydrogen-bond acceptors (Lipinski definition) is 6. The molecule has 0 spiro atoms. The van der Waals surface area contributed by atoms with Crippen LogP contribution in [0, 0.1) is 17.8 Å². The Labute approximate surface area is 167 Å². The Morgan fingerprint density at radius 2 is 1.71 bits per heavy atom. The minimum atomic E-state index is -0.403. The van der Waals surface area contributed by atoms with Crippen LogP contribution in [0.1, 0.15) is 54.8 Å². The number of amides is 2. The lowest BCUT2D eigenvalue weighted by atomic mass is 9.53. The van der Waals surface area contributed by atoms with Gasteiger partial charge in [0.2, 0.25) is 11.7 Å². The van der Waals surface area contributed by atoms with Crippen LogP contribution in [-0.2, 0) is 11.2 Å². The molecular formula is C20H23N5O2S. The average molecular weight is 398 g/mol. The van der Waals surface area contributed by atoms with Crippen molar-refractivity contribution in [1.82, 2.24) is 20.3 Å². The highest BCUT2D eigenvalue weighted by Crippen LogP contribution is 2.55. The first-order chi connectivity index (χ1) is 13.6. The number of rotatable bonds is 5. The SMILES string of the molecule is O=C(Cc1csc(NC(=O)c2ncccn2)n1)NC12CC3CC(CC(C3)C1)C2. The van der Waals surface area contributed by atoms with Crippen molar-refractivity contribution >= 4 is 28.3 Å². The van der Waals surface area contributed by atoms with Crippen LogP contribution in [0.3, 0.4) is 0 Å². The van der Waals surface area contributed by atoms with Crippen LogP contribution in [0.4, 0.5) is 5.13 Å². The maximum Gasteiger partial charge on any atom is 0.295 e. The number of carbonyl (C=O) groups is 2. The van der Waals surface area contributed by atoms with E-state index in [-0.39, 0.29) is 23.7 Å². The maximum atomic E-state index is 12.7. The Kier molecular flexibility index (Phi) is 4.38. The average Bonchev–Trinajstić information content (AvgIpc) is 3.07. The lowest BCUT2D eigenvalue weighted by Crippen LogP contribution is -2.60. The Morgan fingerprint density at radius 3 is 2.36 bits per heavy atom. The molecule has 28 heavy (non-hydrogen) atoms. The molecule has 2 aromatic heterocycles. The zero-order chi connectivity index (χ0) is 19.1. The molecule has 0 unspecified atom stereocenters. The van der Waals surface area contributed by atoms with Crippen molar-refractivity contribution in [3.8, 4) is 0 Å². The van der Waals surface area contributed by atoms with Crippen molar-refractivity contribution < 1.29 is 9.59 Å². The van der Waals surface area contributed by atoms with Gasteiger partial charge in [0.1, 0.15) is 0 Å². The number of nitrogens with zero attached hydrogens (tertiary/aromatic N) is 3. The van der Waals surface area contributed by atoms with E-state index in [4.69, 9.17) is 0 Å². The summed E-state index contributed by atoms with van der Waals surface area (Å²) >= 11 is 1.31. The molecule has 0 radical (unpaired) electrons. The van der Waals surface area contributed by atoms with Gasteiger partial charge in [-0.2, -0.15) is 0 Å². The van der Waals surface area contributed by atoms with Gasteiger partial charge in [0.15, 0.2) is 5.13 Å². The first-order valence-corrected chi connectivity index (χ1v) is 10.8. The van der Waals surface area contributed by atoms with Gasteiger partial charge in [-0.05, 0) is 62.3 Å². The van der Waals surface area contributed by atoms with Crippen LogP contribution < -0.4 is 10.6 Å². The van der Waals surface area contributed by atoms with Crippen LogP contribution in [0.5, 0.6) is 0 Å². The summed E-state index contributed by atoms with van der Waals surface area (Å²) in [4.78, 5) is 37.0. The van der Waals surface area contributed by atoms with E-state index in [0.717, 1.165) is 37.0 Å². The zero-order valence-corrected chi connectivity index (χ0v) is 16.4. The molecule has 4 bridgehead atoms. The molecule has 2 amide bonds. The lowest BCUT2D eigenvalue weighted by molar-refractivity contribution is -0.126. The largest absolute Gasteiger partial charge is 0.350 e. The normalized spacial score (nSPS) is 30.2. The predicted molar refractivity (Wildman–Crippen MR) is 105 cm³/mol. The van der Waals surface area contributed by atoms with Gasteiger partial charge in [-0.1, -0.05) is 0 Å². The van der Waals surface area contributed by atoms with Crippen LogP contribution in [0.2, 0.25) is 0 Å². The first-order valence-electron chi connectivity index (χ1n) is 9.91. The molecule has 4 aliphatic rings. The van der Waals surface area contributed by atoms with E-state index >= 15 is 0 Å². The van der Waals surface area contributed by atoms with E-state index in [1.54, 1.807) is 6.07 Å². The molecule has 6 rings (SSSR count). The standard InChI is InChI=1S/C20H23N5O2S/c26-16(25-20-8-12-4-13(9-20)6-14(5-12)10-20)7-15-11-28-19(23-15)24-18(27)17-21-2-1-3-22-17/h1-3,11-14H,4-10H2,(H,25,26)(H,23,24,27). The molecule has 7 nitrogen and oxygen atoms in total. The molecule has 4 aliphatic carbocycles. The highest BCUT2D eigenvalue weighted by Gasteiger charge is 2.51. The molecule has 8 heteroatoms. The molecule has 0 saturated heterocycles. The number of carbonyl (C=O) groups excluding carboxylic acids is 2. The van der Waals surface area contributed by atoms with Crippen molar-refractivity contribution in [2.45, 2.75) is 50.5 Å². The van der Waals surface area contributed by atoms with E-state index in [2.05, 4.69) is 25.6 Å². The fourth-order valence-electron chi connectivity index (χ4n) is 5.78. The summed E-state index contributed by atoms with van der Waals surface area (Å²) in [6, 6.07) is 1.65.